The molecule has 0 amide bonds. The highest BCUT2D eigenvalue weighted by molar-refractivity contribution is 7.98. The van der Waals surface area contributed by atoms with E-state index in [0.717, 1.165) is 28.7 Å². The topological polar surface area (TPSA) is 56.5 Å². The maximum absolute atomic E-state index is 4.32. The Labute approximate surface area is 140 Å². The first-order valence-electron chi connectivity index (χ1n) is 7.77. The maximum Gasteiger partial charge on any atom is 0.214 e. The Morgan fingerprint density at radius 3 is 2.70 bits per heavy atom. The van der Waals surface area contributed by atoms with E-state index in [1.165, 1.54) is 18.4 Å². The molecule has 5 nitrogen and oxygen atoms in total. The number of hydrogen-bond acceptors (Lipinski definition) is 5. The summed E-state index contributed by atoms with van der Waals surface area (Å²) in [6.45, 7) is 2.21. The van der Waals surface area contributed by atoms with Crippen molar-refractivity contribution in [2.75, 3.05) is 0 Å². The summed E-state index contributed by atoms with van der Waals surface area (Å²) in [5.41, 5.74) is 3.35. The lowest BCUT2D eigenvalue weighted by atomic mass is 10.1. The molecule has 0 unspecified atom stereocenters. The minimum Gasteiger partial charge on any atom is -0.260 e. The quantitative estimate of drug-likeness (QED) is 0.620. The van der Waals surface area contributed by atoms with Crippen LogP contribution in [0.1, 0.15) is 31.0 Å². The molecule has 3 rings (SSSR count). The number of unbranched alkanes of at least 4 members (excludes halogenated alkanes) is 1. The molecule has 2 aromatic heterocycles. The van der Waals surface area contributed by atoms with E-state index in [9.17, 15) is 0 Å². The summed E-state index contributed by atoms with van der Waals surface area (Å²) < 4.78 is 1.78. The van der Waals surface area contributed by atoms with Gasteiger partial charge in [-0.25, -0.2) is 0 Å². The number of tetrazole rings is 1. The third-order valence-corrected chi connectivity index (χ3v) is 4.47. The molecule has 0 spiro atoms. The molecule has 1 aromatic carbocycles. The van der Waals surface area contributed by atoms with Crippen LogP contribution in [0, 0.1) is 0 Å². The van der Waals surface area contributed by atoms with Crippen molar-refractivity contribution in [1.82, 2.24) is 25.2 Å². The van der Waals surface area contributed by atoms with Gasteiger partial charge in [0.25, 0.3) is 0 Å². The summed E-state index contributed by atoms with van der Waals surface area (Å²) in [6, 6.07) is 14.4. The van der Waals surface area contributed by atoms with Crippen molar-refractivity contribution in [3.63, 3.8) is 0 Å². The van der Waals surface area contributed by atoms with Crippen molar-refractivity contribution in [3.8, 4) is 5.69 Å². The fourth-order valence-corrected chi connectivity index (χ4v) is 3.04. The van der Waals surface area contributed by atoms with Crippen molar-refractivity contribution in [3.05, 3.63) is 59.9 Å². The van der Waals surface area contributed by atoms with Crippen LogP contribution in [0.4, 0.5) is 0 Å². The Morgan fingerprint density at radius 2 is 1.96 bits per heavy atom. The van der Waals surface area contributed by atoms with Gasteiger partial charge in [0.15, 0.2) is 0 Å². The molecule has 23 heavy (non-hydrogen) atoms. The van der Waals surface area contributed by atoms with Crippen LogP contribution in [-0.4, -0.2) is 25.2 Å². The van der Waals surface area contributed by atoms with Crippen LogP contribution >= 0.6 is 11.8 Å². The van der Waals surface area contributed by atoms with Crippen molar-refractivity contribution < 1.29 is 0 Å². The van der Waals surface area contributed by atoms with Gasteiger partial charge in [0.05, 0.1) is 11.4 Å². The van der Waals surface area contributed by atoms with Crippen LogP contribution < -0.4 is 0 Å². The van der Waals surface area contributed by atoms with Crippen LogP contribution in [0.2, 0.25) is 0 Å². The summed E-state index contributed by atoms with van der Waals surface area (Å²) >= 11 is 1.58. The highest BCUT2D eigenvalue weighted by Crippen LogP contribution is 2.22. The minimum absolute atomic E-state index is 0.746. The van der Waals surface area contributed by atoms with E-state index in [0.29, 0.717) is 0 Å². The molecule has 0 aliphatic carbocycles. The second-order valence-electron chi connectivity index (χ2n) is 5.25. The summed E-state index contributed by atoms with van der Waals surface area (Å²) in [4.78, 5) is 4.32. The van der Waals surface area contributed by atoms with Crippen LogP contribution in [-0.2, 0) is 12.2 Å². The molecule has 2 heterocycles. The Hall–Kier alpha value is -2.21. The fourth-order valence-electron chi connectivity index (χ4n) is 2.24. The molecule has 0 saturated carbocycles. The number of rotatable bonds is 7. The van der Waals surface area contributed by atoms with Crippen molar-refractivity contribution in [2.45, 2.75) is 37.1 Å². The highest BCUT2D eigenvalue weighted by Gasteiger charge is 2.09. The molecule has 0 radical (unpaired) electrons. The first-order valence-corrected chi connectivity index (χ1v) is 8.76. The van der Waals surface area contributed by atoms with Crippen LogP contribution in [0.5, 0.6) is 0 Å². The van der Waals surface area contributed by atoms with E-state index in [4.69, 9.17) is 0 Å². The van der Waals surface area contributed by atoms with Gasteiger partial charge in [0.2, 0.25) is 5.16 Å². The lowest BCUT2D eigenvalue weighted by Gasteiger charge is -2.06. The zero-order valence-electron chi connectivity index (χ0n) is 13.1. The van der Waals surface area contributed by atoms with Gasteiger partial charge in [-0.3, -0.25) is 4.98 Å². The molecule has 0 N–H and O–H groups in total. The molecule has 0 saturated heterocycles. The van der Waals surface area contributed by atoms with Gasteiger partial charge >= 0.3 is 0 Å². The maximum atomic E-state index is 4.32. The lowest BCUT2D eigenvalue weighted by molar-refractivity contribution is 0.753. The average Bonchev–Trinajstić information content (AvgIpc) is 3.08. The van der Waals surface area contributed by atoms with Crippen molar-refractivity contribution in [2.24, 2.45) is 0 Å². The molecule has 0 aliphatic rings. The smallest absolute Gasteiger partial charge is 0.214 e. The minimum atomic E-state index is 0.746. The second kappa shape index (κ2) is 7.87. The van der Waals surface area contributed by atoms with Crippen molar-refractivity contribution >= 4 is 11.8 Å². The van der Waals surface area contributed by atoms with Crippen molar-refractivity contribution in [1.29, 1.82) is 0 Å². The van der Waals surface area contributed by atoms with Gasteiger partial charge in [-0.05, 0) is 53.1 Å². The van der Waals surface area contributed by atoms with Crippen LogP contribution in [0.3, 0.4) is 0 Å². The summed E-state index contributed by atoms with van der Waals surface area (Å²) in [7, 11) is 0. The second-order valence-corrected chi connectivity index (χ2v) is 6.20. The molecular weight excluding hydrogens is 306 g/mol. The predicted octanol–water partition coefficient (Wildman–Crippen LogP) is 3.69. The molecule has 0 bridgehead atoms. The summed E-state index contributed by atoms with van der Waals surface area (Å²) in [6.07, 6.45) is 5.35. The molecule has 0 fully saturated rings. The number of aromatic nitrogens is 5. The zero-order valence-corrected chi connectivity index (χ0v) is 13.9. The summed E-state index contributed by atoms with van der Waals surface area (Å²) in [5.74, 6) is 0.746. The van der Waals surface area contributed by atoms with E-state index in [-0.39, 0.29) is 0 Å². The Bertz CT molecular complexity index is 724. The third-order valence-electron chi connectivity index (χ3n) is 3.52. The standard InChI is InChI=1S/C17H19N5S/c1-2-3-6-14-8-10-16(11-9-14)22-17(19-20-21-22)23-13-15-7-4-5-12-18-15/h4-5,7-12H,2-3,6,13H2,1H3. The number of aryl methyl sites for hydroxylation is 1. The highest BCUT2D eigenvalue weighted by atomic mass is 32.2. The SMILES string of the molecule is CCCCc1ccc(-n2nnnc2SCc2ccccn2)cc1. The first-order chi connectivity index (χ1) is 11.4. The fraction of sp³-hybridized carbons (Fsp3) is 0.294. The molecule has 118 valence electrons. The number of benzene rings is 1. The van der Waals surface area contributed by atoms with Crippen LogP contribution in [0.25, 0.3) is 5.69 Å². The Balaban J connectivity index is 1.70. The van der Waals surface area contributed by atoms with Gasteiger partial charge in [-0.1, -0.05) is 43.3 Å². The van der Waals surface area contributed by atoms with Crippen LogP contribution in [0.15, 0.2) is 53.8 Å². The van der Waals surface area contributed by atoms with E-state index in [1.807, 2.05) is 18.2 Å². The van der Waals surface area contributed by atoms with E-state index < -0.39 is 0 Å². The number of pyridine rings is 1. The molecule has 0 atom stereocenters. The Morgan fingerprint density at radius 1 is 1.09 bits per heavy atom. The zero-order chi connectivity index (χ0) is 15.9. The first kappa shape index (κ1) is 15.7. The average molecular weight is 325 g/mol. The Kier molecular flexibility index (Phi) is 5.37. The molecule has 6 heteroatoms. The number of hydrogen-bond donors (Lipinski definition) is 0. The number of nitrogens with zero attached hydrogens (tertiary/aromatic N) is 5. The third kappa shape index (κ3) is 4.16. The van der Waals surface area contributed by atoms with E-state index in [2.05, 4.69) is 51.7 Å². The normalized spacial score (nSPS) is 10.8. The molecular formula is C17H19N5S. The van der Waals surface area contributed by atoms with Gasteiger partial charge < -0.3 is 0 Å². The van der Waals surface area contributed by atoms with Gasteiger partial charge in [-0.2, -0.15) is 4.68 Å². The lowest BCUT2D eigenvalue weighted by Crippen LogP contribution is -1.99. The predicted molar refractivity (Wildman–Crippen MR) is 91.6 cm³/mol. The van der Waals surface area contributed by atoms with E-state index in [1.54, 1.807) is 22.6 Å². The molecule has 0 aliphatic heterocycles. The van der Waals surface area contributed by atoms with Gasteiger partial charge in [0.1, 0.15) is 0 Å². The number of thioether (sulfide) groups is 1. The largest absolute Gasteiger partial charge is 0.260 e. The van der Waals surface area contributed by atoms with Gasteiger partial charge in [0, 0.05) is 11.9 Å². The summed E-state index contributed by atoms with van der Waals surface area (Å²) in [5, 5.41) is 12.8. The van der Waals surface area contributed by atoms with E-state index >= 15 is 0 Å². The molecule has 3 aromatic rings. The monoisotopic (exact) mass is 325 g/mol. The van der Waals surface area contributed by atoms with Gasteiger partial charge in [-0.15, -0.1) is 5.10 Å².